The summed E-state index contributed by atoms with van der Waals surface area (Å²) in [6.07, 6.45) is 13.1. The van der Waals surface area contributed by atoms with Crippen LogP contribution in [-0.4, -0.2) is 6.61 Å². The minimum absolute atomic E-state index is 0.612. The van der Waals surface area contributed by atoms with Crippen LogP contribution in [0.15, 0.2) is 30.3 Å². The molecule has 0 amide bonds. The number of unbranched alkanes of at least 4 members (excludes halogenated alkanes) is 9. The van der Waals surface area contributed by atoms with Crippen LogP contribution in [0.1, 0.15) is 71.1 Å². The van der Waals surface area contributed by atoms with E-state index in [1.165, 1.54) is 57.8 Å². The Morgan fingerprint density at radius 2 is 1.33 bits per heavy atom. The zero-order chi connectivity index (χ0) is 15.2. The fourth-order valence-corrected chi connectivity index (χ4v) is 3.22. The Morgan fingerprint density at radius 1 is 0.810 bits per heavy atom. The first-order valence-electron chi connectivity index (χ1n) is 8.50. The lowest BCUT2D eigenvalue weighted by Crippen LogP contribution is -1.98. The maximum absolute atomic E-state index is 11.8. The van der Waals surface area contributed by atoms with Gasteiger partial charge in [0.25, 0.3) is 0 Å². The van der Waals surface area contributed by atoms with Crippen molar-refractivity contribution < 1.29 is 9.09 Å². The van der Waals surface area contributed by atoms with E-state index in [9.17, 15) is 4.57 Å². The van der Waals surface area contributed by atoms with Gasteiger partial charge in [0, 0.05) is 0 Å². The minimum Gasteiger partial charge on any atom is -0.142 e. The number of benzene rings is 1. The third-order valence-electron chi connectivity index (χ3n) is 3.67. The molecule has 1 unspecified atom stereocenters. The number of rotatable bonds is 13. The SMILES string of the molecule is CCCCCCCCCCCCO[P+](=O)c1ccccc1. The molecule has 118 valence electrons. The van der Waals surface area contributed by atoms with Crippen molar-refractivity contribution in [2.75, 3.05) is 6.61 Å². The normalized spacial score (nSPS) is 11.6. The summed E-state index contributed by atoms with van der Waals surface area (Å²) in [5, 5.41) is 0.791. The highest BCUT2D eigenvalue weighted by Gasteiger charge is 2.20. The number of hydrogen-bond acceptors (Lipinski definition) is 2. The van der Waals surface area contributed by atoms with Crippen molar-refractivity contribution in [2.45, 2.75) is 71.1 Å². The van der Waals surface area contributed by atoms with E-state index >= 15 is 0 Å². The van der Waals surface area contributed by atoms with Crippen LogP contribution < -0.4 is 5.30 Å². The van der Waals surface area contributed by atoms with Gasteiger partial charge in [0.1, 0.15) is 6.61 Å². The predicted molar refractivity (Wildman–Crippen MR) is 91.5 cm³/mol. The summed E-state index contributed by atoms with van der Waals surface area (Å²) in [7, 11) is -1.66. The lowest BCUT2D eigenvalue weighted by molar-refractivity contribution is 0.321. The van der Waals surface area contributed by atoms with Gasteiger partial charge in [-0.25, -0.2) is 0 Å². The maximum Gasteiger partial charge on any atom is 0.548 e. The average Bonchev–Trinajstić information content (AvgIpc) is 2.53. The van der Waals surface area contributed by atoms with Crippen molar-refractivity contribution >= 4 is 13.3 Å². The van der Waals surface area contributed by atoms with Crippen molar-refractivity contribution in [3.8, 4) is 0 Å². The van der Waals surface area contributed by atoms with Gasteiger partial charge in [0.15, 0.2) is 0 Å². The van der Waals surface area contributed by atoms with Crippen LogP contribution in [0.2, 0.25) is 0 Å². The molecule has 0 aliphatic rings. The summed E-state index contributed by atoms with van der Waals surface area (Å²) in [6, 6.07) is 9.43. The monoisotopic (exact) mass is 309 g/mol. The van der Waals surface area contributed by atoms with Crippen molar-refractivity contribution in [3.63, 3.8) is 0 Å². The van der Waals surface area contributed by atoms with Crippen molar-refractivity contribution in [1.29, 1.82) is 0 Å². The summed E-state index contributed by atoms with van der Waals surface area (Å²) >= 11 is 0. The Kier molecular flexibility index (Phi) is 11.3. The molecule has 21 heavy (non-hydrogen) atoms. The first-order chi connectivity index (χ1) is 10.3. The molecule has 2 nitrogen and oxygen atoms in total. The summed E-state index contributed by atoms with van der Waals surface area (Å²) < 4.78 is 17.2. The van der Waals surface area contributed by atoms with Crippen molar-refractivity contribution in [2.24, 2.45) is 0 Å². The summed E-state index contributed by atoms with van der Waals surface area (Å²) in [5.74, 6) is 0. The van der Waals surface area contributed by atoms with Gasteiger partial charge in [-0.2, -0.15) is 0 Å². The van der Waals surface area contributed by atoms with Crippen LogP contribution >= 0.6 is 8.03 Å². The fourth-order valence-electron chi connectivity index (χ4n) is 2.36. The smallest absolute Gasteiger partial charge is 0.142 e. The molecule has 0 saturated heterocycles. The minimum atomic E-state index is -1.66. The van der Waals surface area contributed by atoms with Gasteiger partial charge < -0.3 is 0 Å². The lowest BCUT2D eigenvalue weighted by atomic mass is 10.1. The molecule has 3 heteroatoms. The fraction of sp³-hybridized carbons (Fsp3) is 0.667. The predicted octanol–water partition coefficient (Wildman–Crippen LogP) is 5.99. The molecule has 1 aromatic carbocycles. The topological polar surface area (TPSA) is 26.3 Å². The van der Waals surface area contributed by atoms with Gasteiger partial charge in [0.05, 0.1) is 0 Å². The zero-order valence-electron chi connectivity index (χ0n) is 13.4. The van der Waals surface area contributed by atoms with Crippen LogP contribution in [-0.2, 0) is 9.09 Å². The van der Waals surface area contributed by atoms with E-state index < -0.39 is 8.03 Å². The molecule has 0 spiro atoms. The van der Waals surface area contributed by atoms with Gasteiger partial charge >= 0.3 is 8.03 Å². The van der Waals surface area contributed by atoms with Gasteiger partial charge in [-0.05, 0) is 23.1 Å². The lowest BCUT2D eigenvalue weighted by Gasteiger charge is -2.01. The van der Waals surface area contributed by atoms with Crippen LogP contribution in [0.4, 0.5) is 0 Å². The molecule has 0 bridgehead atoms. The average molecular weight is 309 g/mol. The van der Waals surface area contributed by atoms with E-state index in [1.54, 1.807) is 0 Å². The third kappa shape index (κ3) is 9.77. The van der Waals surface area contributed by atoms with Gasteiger partial charge in [-0.15, -0.1) is 4.52 Å². The second-order valence-corrected chi connectivity index (χ2v) is 6.90. The first kappa shape index (κ1) is 18.3. The van der Waals surface area contributed by atoms with E-state index in [-0.39, 0.29) is 0 Å². The molecule has 0 saturated carbocycles. The summed E-state index contributed by atoms with van der Waals surface area (Å²) in [4.78, 5) is 0. The van der Waals surface area contributed by atoms with E-state index in [0.29, 0.717) is 6.61 Å². The molecule has 0 aliphatic carbocycles. The van der Waals surface area contributed by atoms with Crippen LogP contribution in [0.5, 0.6) is 0 Å². The van der Waals surface area contributed by atoms with Crippen LogP contribution in [0.25, 0.3) is 0 Å². The van der Waals surface area contributed by atoms with Gasteiger partial charge in [-0.1, -0.05) is 82.9 Å². The van der Waals surface area contributed by atoms with Crippen molar-refractivity contribution in [1.82, 2.24) is 0 Å². The first-order valence-corrected chi connectivity index (χ1v) is 9.67. The quantitative estimate of drug-likeness (QED) is 0.330. The maximum atomic E-state index is 11.8. The molecular weight excluding hydrogens is 279 g/mol. The molecule has 1 aromatic rings. The Labute approximate surface area is 131 Å². The molecule has 0 aliphatic heterocycles. The summed E-state index contributed by atoms with van der Waals surface area (Å²) in [6.45, 7) is 2.87. The molecule has 0 fully saturated rings. The second kappa shape index (κ2) is 13.0. The molecule has 0 radical (unpaired) electrons. The van der Waals surface area contributed by atoms with E-state index in [0.717, 1.165) is 11.7 Å². The molecule has 0 N–H and O–H groups in total. The molecular formula is C18H30O2P+. The standard InChI is InChI=1S/C18H30O2P/c1-2-3-4-5-6-7-8-9-10-14-17-20-21(19)18-15-12-11-13-16-18/h11-13,15-16H,2-10,14,17H2,1H3/q+1. The molecule has 1 rings (SSSR count). The van der Waals surface area contributed by atoms with E-state index in [4.69, 9.17) is 4.52 Å². The Hall–Kier alpha value is -0.720. The highest BCUT2D eigenvalue weighted by Crippen LogP contribution is 2.21. The molecule has 0 heterocycles. The Balaban J connectivity index is 1.88. The summed E-state index contributed by atoms with van der Waals surface area (Å²) in [5.41, 5.74) is 0. The highest BCUT2D eigenvalue weighted by atomic mass is 31.1. The van der Waals surface area contributed by atoms with Gasteiger partial charge in [0.2, 0.25) is 5.30 Å². The largest absolute Gasteiger partial charge is 0.548 e. The number of hydrogen-bond donors (Lipinski definition) is 0. The highest BCUT2D eigenvalue weighted by molar-refractivity contribution is 7.48. The van der Waals surface area contributed by atoms with Crippen LogP contribution in [0.3, 0.4) is 0 Å². The van der Waals surface area contributed by atoms with E-state index in [2.05, 4.69) is 6.92 Å². The van der Waals surface area contributed by atoms with Crippen LogP contribution in [0, 0.1) is 0 Å². The van der Waals surface area contributed by atoms with E-state index in [1.807, 2.05) is 30.3 Å². The van der Waals surface area contributed by atoms with Gasteiger partial charge in [-0.3, -0.25) is 0 Å². The third-order valence-corrected chi connectivity index (χ3v) is 4.81. The van der Waals surface area contributed by atoms with Crippen molar-refractivity contribution in [3.05, 3.63) is 30.3 Å². The second-order valence-electron chi connectivity index (χ2n) is 5.61. The zero-order valence-corrected chi connectivity index (χ0v) is 14.3. The molecule has 1 atom stereocenters. The Bertz CT molecular complexity index is 365. The Morgan fingerprint density at radius 3 is 1.90 bits per heavy atom. The molecule has 0 aromatic heterocycles.